The molecule has 0 radical (unpaired) electrons. The average Bonchev–Trinajstić information content (AvgIpc) is 2.74. The summed E-state index contributed by atoms with van der Waals surface area (Å²) in [6.07, 6.45) is 3.32. The lowest BCUT2D eigenvalue weighted by atomic mass is 10.1. The van der Waals surface area contributed by atoms with Crippen molar-refractivity contribution in [1.29, 1.82) is 5.26 Å². The van der Waals surface area contributed by atoms with Crippen LogP contribution in [-0.4, -0.2) is 25.0 Å². The van der Waals surface area contributed by atoms with Gasteiger partial charge in [0.05, 0.1) is 0 Å². The molecular weight excluding hydrogens is 380 g/mol. The summed E-state index contributed by atoms with van der Waals surface area (Å²) in [4.78, 5) is 24.1. The van der Waals surface area contributed by atoms with Crippen LogP contribution in [0.1, 0.15) is 36.5 Å². The van der Waals surface area contributed by atoms with Gasteiger partial charge in [0.2, 0.25) is 0 Å². The summed E-state index contributed by atoms with van der Waals surface area (Å²) < 4.78 is 10.8. The van der Waals surface area contributed by atoms with Crippen molar-refractivity contribution < 1.29 is 19.1 Å². The van der Waals surface area contributed by atoms with Crippen LogP contribution in [0.4, 0.5) is 0 Å². The standard InChI is InChI=1S/C24H26N2O4/c1-4-5-12-26-24(28)20(15-25)14-19-8-10-21(11-9-19)30-23(27)16-29-22-13-17(2)6-7-18(22)3/h6-11,13-14H,4-5,12,16H2,1-3H3,(H,26,28)/b20-14+. The molecule has 0 saturated carbocycles. The van der Waals surface area contributed by atoms with Crippen molar-refractivity contribution in [2.75, 3.05) is 13.2 Å². The SMILES string of the molecule is CCCCNC(=O)/C(C#N)=C/c1ccc(OC(=O)COc2cc(C)ccc2C)cc1. The van der Waals surface area contributed by atoms with Gasteiger partial charge in [-0.15, -0.1) is 0 Å². The molecule has 0 spiro atoms. The van der Waals surface area contributed by atoms with Gasteiger partial charge in [-0.3, -0.25) is 4.79 Å². The number of benzene rings is 2. The number of esters is 1. The lowest BCUT2D eigenvalue weighted by molar-refractivity contribution is -0.136. The monoisotopic (exact) mass is 406 g/mol. The summed E-state index contributed by atoms with van der Waals surface area (Å²) in [6.45, 7) is 6.21. The smallest absolute Gasteiger partial charge is 0.349 e. The lowest BCUT2D eigenvalue weighted by Gasteiger charge is -2.10. The molecule has 0 heterocycles. The molecule has 0 aliphatic heterocycles. The summed E-state index contributed by atoms with van der Waals surface area (Å²) in [6, 6.07) is 14.2. The maximum absolute atomic E-state index is 12.1. The highest BCUT2D eigenvalue weighted by Gasteiger charge is 2.10. The van der Waals surface area contributed by atoms with Gasteiger partial charge in [-0.1, -0.05) is 37.6 Å². The average molecular weight is 406 g/mol. The second-order valence-electron chi connectivity index (χ2n) is 6.88. The Hall–Kier alpha value is -3.59. The fourth-order valence-corrected chi connectivity index (χ4v) is 2.58. The van der Waals surface area contributed by atoms with E-state index in [1.54, 1.807) is 24.3 Å². The Morgan fingerprint density at radius 1 is 1.13 bits per heavy atom. The van der Waals surface area contributed by atoms with Crippen molar-refractivity contribution in [1.82, 2.24) is 5.32 Å². The first-order valence-electron chi connectivity index (χ1n) is 9.83. The van der Waals surface area contributed by atoms with Crippen molar-refractivity contribution in [2.45, 2.75) is 33.6 Å². The van der Waals surface area contributed by atoms with Crippen LogP contribution in [0.3, 0.4) is 0 Å². The second-order valence-corrected chi connectivity index (χ2v) is 6.88. The Balaban J connectivity index is 1.93. The van der Waals surface area contributed by atoms with Gasteiger partial charge in [-0.2, -0.15) is 5.26 Å². The summed E-state index contributed by atoms with van der Waals surface area (Å²) in [5.41, 5.74) is 2.67. The minimum atomic E-state index is -0.521. The first-order valence-corrected chi connectivity index (χ1v) is 9.83. The zero-order valence-electron chi connectivity index (χ0n) is 17.5. The number of carbonyl (C=O) groups excluding carboxylic acids is 2. The molecule has 30 heavy (non-hydrogen) atoms. The lowest BCUT2D eigenvalue weighted by Crippen LogP contribution is -2.25. The fourth-order valence-electron chi connectivity index (χ4n) is 2.58. The van der Waals surface area contributed by atoms with Crippen LogP contribution in [0.15, 0.2) is 48.0 Å². The van der Waals surface area contributed by atoms with Crippen LogP contribution < -0.4 is 14.8 Å². The van der Waals surface area contributed by atoms with Crippen molar-refractivity contribution in [3.8, 4) is 17.6 Å². The number of aryl methyl sites for hydroxylation is 2. The van der Waals surface area contributed by atoms with Crippen molar-refractivity contribution in [2.24, 2.45) is 0 Å². The van der Waals surface area contributed by atoms with Gasteiger partial charge < -0.3 is 14.8 Å². The molecule has 156 valence electrons. The molecular formula is C24H26N2O4. The van der Waals surface area contributed by atoms with Crippen molar-refractivity contribution in [3.05, 3.63) is 64.7 Å². The highest BCUT2D eigenvalue weighted by Crippen LogP contribution is 2.19. The van der Waals surface area contributed by atoms with E-state index >= 15 is 0 Å². The predicted molar refractivity (Wildman–Crippen MR) is 115 cm³/mol. The van der Waals surface area contributed by atoms with Crippen molar-refractivity contribution >= 4 is 18.0 Å². The maximum Gasteiger partial charge on any atom is 0.349 e. The van der Waals surface area contributed by atoms with Crippen LogP contribution in [0.5, 0.6) is 11.5 Å². The van der Waals surface area contributed by atoms with Gasteiger partial charge in [0.1, 0.15) is 23.1 Å². The number of rotatable bonds is 9. The Morgan fingerprint density at radius 3 is 2.53 bits per heavy atom. The fraction of sp³-hybridized carbons (Fsp3) is 0.292. The number of nitriles is 1. The molecule has 6 nitrogen and oxygen atoms in total. The van der Waals surface area contributed by atoms with Gasteiger partial charge in [-0.05, 0) is 61.2 Å². The number of hydrogen-bond donors (Lipinski definition) is 1. The molecule has 2 rings (SSSR count). The van der Waals surface area contributed by atoms with Gasteiger partial charge >= 0.3 is 5.97 Å². The first-order chi connectivity index (χ1) is 14.4. The summed E-state index contributed by atoms with van der Waals surface area (Å²) in [5, 5.41) is 11.9. The number of hydrogen-bond acceptors (Lipinski definition) is 5. The van der Waals surface area contributed by atoms with Crippen molar-refractivity contribution in [3.63, 3.8) is 0 Å². The molecule has 0 aliphatic rings. The molecule has 0 aliphatic carbocycles. The second kappa shape index (κ2) is 11.4. The molecule has 0 bridgehead atoms. The van der Waals surface area contributed by atoms with E-state index in [4.69, 9.17) is 9.47 Å². The van der Waals surface area contributed by atoms with E-state index in [9.17, 15) is 14.9 Å². The summed E-state index contributed by atoms with van der Waals surface area (Å²) >= 11 is 0. The Morgan fingerprint density at radius 2 is 1.87 bits per heavy atom. The number of carbonyl (C=O) groups is 2. The normalized spacial score (nSPS) is 10.8. The van der Waals surface area contributed by atoms with Crippen LogP contribution >= 0.6 is 0 Å². The van der Waals surface area contributed by atoms with Crippen LogP contribution in [0.2, 0.25) is 0 Å². The van der Waals surface area contributed by atoms with E-state index in [1.807, 2.05) is 45.0 Å². The topological polar surface area (TPSA) is 88.4 Å². The maximum atomic E-state index is 12.1. The molecule has 0 aromatic heterocycles. The number of ether oxygens (including phenoxy) is 2. The first kappa shape index (κ1) is 22.7. The Labute approximate surface area is 177 Å². The molecule has 2 aromatic rings. The van der Waals surface area contributed by atoms with Crippen LogP contribution in [0, 0.1) is 25.2 Å². The molecule has 1 N–H and O–H groups in total. The third kappa shape index (κ3) is 7.10. The van der Waals surface area contributed by atoms with E-state index in [1.165, 1.54) is 6.08 Å². The zero-order valence-corrected chi connectivity index (χ0v) is 17.5. The van der Waals surface area contributed by atoms with E-state index in [0.717, 1.165) is 24.0 Å². The minimum absolute atomic E-state index is 0.0257. The molecule has 1 amide bonds. The van der Waals surface area contributed by atoms with E-state index < -0.39 is 11.9 Å². The Bertz CT molecular complexity index is 956. The van der Waals surface area contributed by atoms with Crippen LogP contribution in [-0.2, 0) is 9.59 Å². The van der Waals surface area contributed by atoms with E-state index in [0.29, 0.717) is 23.6 Å². The Kier molecular flexibility index (Phi) is 8.64. The molecule has 0 fully saturated rings. The third-order valence-corrected chi connectivity index (χ3v) is 4.29. The quantitative estimate of drug-likeness (QED) is 0.223. The molecule has 0 saturated heterocycles. The van der Waals surface area contributed by atoms with Gasteiger partial charge in [0.15, 0.2) is 6.61 Å². The number of amides is 1. The minimum Gasteiger partial charge on any atom is -0.482 e. The van der Waals surface area contributed by atoms with Gasteiger partial charge in [0, 0.05) is 6.54 Å². The van der Waals surface area contributed by atoms with Crippen LogP contribution in [0.25, 0.3) is 6.08 Å². The number of unbranched alkanes of at least 4 members (excludes halogenated alkanes) is 1. The number of nitrogens with one attached hydrogen (secondary N) is 1. The predicted octanol–water partition coefficient (Wildman–Crippen LogP) is 4.11. The molecule has 0 atom stereocenters. The highest BCUT2D eigenvalue weighted by atomic mass is 16.6. The summed E-state index contributed by atoms with van der Waals surface area (Å²) in [7, 11) is 0. The highest BCUT2D eigenvalue weighted by molar-refractivity contribution is 6.01. The molecule has 6 heteroatoms. The van der Waals surface area contributed by atoms with Gasteiger partial charge in [0.25, 0.3) is 5.91 Å². The van der Waals surface area contributed by atoms with Gasteiger partial charge in [-0.25, -0.2) is 4.79 Å². The molecule has 2 aromatic carbocycles. The largest absolute Gasteiger partial charge is 0.482 e. The third-order valence-electron chi connectivity index (χ3n) is 4.29. The zero-order chi connectivity index (χ0) is 21.9. The van der Waals surface area contributed by atoms with E-state index in [-0.39, 0.29) is 12.2 Å². The molecule has 0 unspecified atom stereocenters. The number of nitrogens with zero attached hydrogens (tertiary/aromatic N) is 1. The van der Waals surface area contributed by atoms with E-state index in [2.05, 4.69) is 5.32 Å². The summed E-state index contributed by atoms with van der Waals surface area (Å²) in [5.74, 6) is 0.0820.